The quantitative estimate of drug-likeness (QED) is 0.641. The van der Waals surface area contributed by atoms with E-state index in [0.717, 1.165) is 17.6 Å². The summed E-state index contributed by atoms with van der Waals surface area (Å²) in [5.74, 6) is 0. The summed E-state index contributed by atoms with van der Waals surface area (Å²) in [4.78, 5) is 5.87. The van der Waals surface area contributed by atoms with Crippen LogP contribution in [0.1, 0.15) is 12.5 Å². The number of aryl methyl sites for hydroxylation is 1. The van der Waals surface area contributed by atoms with Gasteiger partial charge in [-0.25, -0.2) is 0 Å². The Kier molecular flexibility index (Phi) is 2.67. The van der Waals surface area contributed by atoms with Crippen LogP contribution in [0, 0.1) is 0 Å². The van der Waals surface area contributed by atoms with Crippen LogP contribution in [0.3, 0.4) is 0 Å². The molecule has 1 aromatic heterocycles. The van der Waals surface area contributed by atoms with Crippen LogP contribution in [-0.4, -0.2) is 4.98 Å². The van der Waals surface area contributed by atoms with Crippen LogP contribution in [0.4, 0.5) is 5.69 Å². The van der Waals surface area contributed by atoms with E-state index in [9.17, 15) is 0 Å². The molecule has 3 aromatic rings. The Morgan fingerprint density at radius 1 is 1.05 bits per heavy atom. The number of aromatic nitrogens is 1. The fourth-order valence-electron chi connectivity index (χ4n) is 2.80. The molecule has 0 aliphatic carbocycles. The molecule has 0 saturated heterocycles. The van der Waals surface area contributed by atoms with E-state index in [1.165, 1.54) is 27.0 Å². The van der Waals surface area contributed by atoms with E-state index in [1.807, 2.05) is 6.20 Å². The Bertz CT molecular complexity index is 811. The molecule has 20 heavy (non-hydrogen) atoms. The minimum Gasteiger partial charge on any atom is -0.323 e. The van der Waals surface area contributed by atoms with Gasteiger partial charge in [0.1, 0.15) is 0 Å². The zero-order chi connectivity index (χ0) is 13.5. The standard InChI is InChI=1S/C17H14N2S/c1-2-11-9-10-18-16-12(11)7-8-14-13-5-3-4-6-15(13)20-19-17(14)16/h3-10,19H,2H2,1H3. The van der Waals surface area contributed by atoms with Crippen LogP contribution in [-0.2, 0) is 6.42 Å². The van der Waals surface area contributed by atoms with Gasteiger partial charge in [0.2, 0.25) is 0 Å². The van der Waals surface area contributed by atoms with Gasteiger partial charge in [-0.2, -0.15) is 0 Å². The highest BCUT2D eigenvalue weighted by Gasteiger charge is 2.19. The van der Waals surface area contributed by atoms with Gasteiger partial charge in [0, 0.05) is 22.0 Å². The maximum atomic E-state index is 4.60. The van der Waals surface area contributed by atoms with Gasteiger partial charge in [0.05, 0.1) is 11.2 Å². The first-order chi connectivity index (χ1) is 9.88. The number of nitrogens with one attached hydrogen (secondary N) is 1. The second-order valence-corrected chi connectivity index (χ2v) is 5.76. The van der Waals surface area contributed by atoms with Crippen molar-refractivity contribution in [3.05, 3.63) is 54.2 Å². The van der Waals surface area contributed by atoms with Crippen molar-refractivity contribution in [2.75, 3.05) is 4.72 Å². The van der Waals surface area contributed by atoms with Crippen LogP contribution >= 0.6 is 11.9 Å². The first-order valence-electron chi connectivity index (χ1n) is 6.81. The third kappa shape index (κ3) is 1.63. The van der Waals surface area contributed by atoms with Gasteiger partial charge in [0.15, 0.2) is 0 Å². The molecule has 4 rings (SSSR count). The highest BCUT2D eigenvalue weighted by molar-refractivity contribution is 8.00. The van der Waals surface area contributed by atoms with E-state index in [2.05, 4.69) is 59.1 Å². The lowest BCUT2D eigenvalue weighted by Gasteiger charge is -2.22. The molecule has 0 amide bonds. The monoisotopic (exact) mass is 278 g/mol. The van der Waals surface area contributed by atoms with Crippen LogP contribution in [0.5, 0.6) is 0 Å². The molecule has 0 radical (unpaired) electrons. The molecule has 2 nitrogen and oxygen atoms in total. The molecule has 0 atom stereocenters. The summed E-state index contributed by atoms with van der Waals surface area (Å²) in [5.41, 5.74) is 6.10. The molecule has 2 aromatic carbocycles. The molecule has 1 N–H and O–H groups in total. The van der Waals surface area contributed by atoms with Crippen molar-refractivity contribution >= 4 is 28.5 Å². The Hall–Kier alpha value is -2.00. The van der Waals surface area contributed by atoms with Gasteiger partial charge in [-0.05, 0) is 41.6 Å². The molecular formula is C17H14N2S. The Balaban J connectivity index is 2.05. The number of hydrogen-bond acceptors (Lipinski definition) is 3. The minimum atomic E-state index is 1.03. The second-order valence-electron chi connectivity index (χ2n) is 4.91. The number of hydrogen-bond donors (Lipinski definition) is 1. The third-order valence-electron chi connectivity index (χ3n) is 3.82. The Labute approximate surface area is 122 Å². The van der Waals surface area contributed by atoms with Crippen LogP contribution in [0.2, 0.25) is 0 Å². The predicted molar refractivity (Wildman–Crippen MR) is 86.0 cm³/mol. The number of pyridine rings is 1. The molecular weight excluding hydrogens is 264 g/mol. The summed E-state index contributed by atoms with van der Waals surface area (Å²) in [6.07, 6.45) is 2.94. The number of benzene rings is 2. The van der Waals surface area contributed by atoms with E-state index in [1.54, 1.807) is 11.9 Å². The maximum Gasteiger partial charge on any atom is 0.0950 e. The van der Waals surface area contributed by atoms with Crippen molar-refractivity contribution in [1.29, 1.82) is 0 Å². The molecule has 0 fully saturated rings. The molecule has 1 aliphatic rings. The number of nitrogens with zero attached hydrogens (tertiary/aromatic N) is 1. The zero-order valence-corrected chi connectivity index (χ0v) is 12.0. The van der Waals surface area contributed by atoms with Gasteiger partial charge in [0.25, 0.3) is 0 Å². The van der Waals surface area contributed by atoms with Gasteiger partial charge < -0.3 is 4.72 Å². The Morgan fingerprint density at radius 2 is 1.95 bits per heavy atom. The third-order valence-corrected chi connectivity index (χ3v) is 4.71. The molecule has 3 heteroatoms. The second kappa shape index (κ2) is 4.53. The zero-order valence-electron chi connectivity index (χ0n) is 11.2. The maximum absolute atomic E-state index is 4.60. The fraction of sp³-hybridized carbons (Fsp3) is 0.118. The topological polar surface area (TPSA) is 24.9 Å². The summed E-state index contributed by atoms with van der Waals surface area (Å²) in [6.45, 7) is 2.19. The summed E-state index contributed by atoms with van der Waals surface area (Å²) < 4.78 is 3.47. The highest BCUT2D eigenvalue weighted by Crippen LogP contribution is 2.44. The molecule has 0 spiro atoms. The van der Waals surface area contributed by atoms with Gasteiger partial charge in [-0.15, -0.1) is 0 Å². The first-order valence-corrected chi connectivity index (χ1v) is 7.63. The molecule has 98 valence electrons. The smallest absolute Gasteiger partial charge is 0.0950 e. The molecule has 2 heterocycles. The fourth-order valence-corrected chi connectivity index (χ4v) is 3.65. The van der Waals surface area contributed by atoms with Crippen LogP contribution in [0.15, 0.2) is 53.6 Å². The number of fused-ring (bicyclic) bond motifs is 5. The van der Waals surface area contributed by atoms with Crippen molar-refractivity contribution in [3.8, 4) is 11.1 Å². The predicted octanol–water partition coefficient (Wildman–Crippen LogP) is 4.90. The molecule has 0 bridgehead atoms. The summed E-state index contributed by atoms with van der Waals surface area (Å²) >= 11 is 1.67. The highest BCUT2D eigenvalue weighted by atomic mass is 32.2. The van der Waals surface area contributed by atoms with Crippen LogP contribution < -0.4 is 4.72 Å². The number of anilines is 1. The van der Waals surface area contributed by atoms with E-state index < -0.39 is 0 Å². The van der Waals surface area contributed by atoms with Gasteiger partial charge in [-0.3, -0.25) is 4.98 Å². The van der Waals surface area contributed by atoms with E-state index >= 15 is 0 Å². The lowest BCUT2D eigenvalue weighted by Crippen LogP contribution is -2.01. The summed E-state index contributed by atoms with van der Waals surface area (Å²) in [5, 5.41) is 1.25. The van der Waals surface area contributed by atoms with Crippen molar-refractivity contribution in [3.63, 3.8) is 0 Å². The van der Waals surface area contributed by atoms with Gasteiger partial charge in [-0.1, -0.05) is 37.3 Å². The van der Waals surface area contributed by atoms with Crippen molar-refractivity contribution in [1.82, 2.24) is 4.98 Å². The lowest BCUT2D eigenvalue weighted by molar-refractivity contribution is 1.15. The van der Waals surface area contributed by atoms with E-state index in [-0.39, 0.29) is 0 Å². The Morgan fingerprint density at radius 3 is 2.85 bits per heavy atom. The normalized spacial score (nSPS) is 12.7. The van der Waals surface area contributed by atoms with Crippen molar-refractivity contribution in [2.45, 2.75) is 18.2 Å². The SMILES string of the molecule is CCc1ccnc2c3c(ccc12)-c1ccccc1SN3. The summed E-state index contributed by atoms with van der Waals surface area (Å²) in [7, 11) is 0. The van der Waals surface area contributed by atoms with E-state index in [0.29, 0.717) is 0 Å². The minimum absolute atomic E-state index is 1.03. The molecule has 0 unspecified atom stereocenters. The summed E-state index contributed by atoms with van der Waals surface area (Å²) in [6, 6.07) is 15.0. The average molecular weight is 278 g/mol. The number of rotatable bonds is 1. The van der Waals surface area contributed by atoms with Crippen molar-refractivity contribution < 1.29 is 0 Å². The lowest BCUT2D eigenvalue weighted by atomic mass is 9.98. The van der Waals surface area contributed by atoms with Crippen LogP contribution in [0.25, 0.3) is 22.0 Å². The molecule has 1 aliphatic heterocycles. The van der Waals surface area contributed by atoms with E-state index in [4.69, 9.17) is 0 Å². The first kappa shape index (κ1) is 11.8. The molecule has 0 saturated carbocycles. The average Bonchev–Trinajstić information content (AvgIpc) is 2.53. The van der Waals surface area contributed by atoms with Gasteiger partial charge >= 0.3 is 0 Å². The van der Waals surface area contributed by atoms with Crippen molar-refractivity contribution in [2.24, 2.45) is 0 Å². The largest absolute Gasteiger partial charge is 0.323 e.